The average Bonchev–Trinajstić information content (AvgIpc) is 2.80. The number of rotatable bonds is 2. The number of carboxylic acids is 1. The van der Waals surface area contributed by atoms with E-state index in [1.165, 1.54) is 11.8 Å². The van der Waals surface area contributed by atoms with Crippen molar-refractivity contribution in [3.63, 3.8) is 0 Å². The highest BCUT2D eigenvalue weighted by atomic mass is 32.2. The van der Waals surface area contributed by atoms with E-state index in [1.807, 2.05) is 23.1 Å². The van der Waals surface area contributed by atoms with Crippen molar-refractivity contribution in [2.75, 3.05) is 6.26 Å². The molecule has 4 nitrogen and oxygen atoms in total. The van der Waals surface area contributed by atoms with Crippen LogP contribution >= 0.6 is 23.1 Å². The summed E-state index contributed by atoms with van der Waals surface area (Å²) in [6, 6.07) is 1.51. The van der Waals surface area contributed by atoms with Crippen LogP contribution in [0.25, 0.3) is 0 Å². The first-order valence-corrected chi connectivity index (χ1v) is 7.15. The molecule has 90 valence electrons. The number of aliphatic carboxylic acids is 1. The standard InChI is InChI=1S/C11H12N2O2S2/c1-6-8(10(14)15)9(7-3-4-17-5-7)13-11(12-6)16-2/h3-5,9H,1-2H3,(H,12,13)(H,14,15). The van der Waals surface area contributed by atoms with E-state index in [4.69, 9.17) is 0 Å². The molecule has 6 heteroatoms. The molecule has 0 saturated carbocycles. The predicted octanol–water partition coefficient (Wildman–Crippen LogP) is 2.47. The number of aliphatic imine (C=N–C) groups is 1. The average molecular weight is 268 g/mol. The van der Waals surface area contributed by atoms with Crippen molar-refractivity contribution in [3.05, 3.63) is 33.7 Å². The maximum atomic E-state index is 11.3. The van der Waals surface area contributed by atoms with Gasteiger partial charge in [0.15, 0.2) is 5.17 Å². The van der Waals surface area contributed by atoms with Crippen molar-refractivity contribution in [1.29, 1.82) is 0 Å². The minimum absolute atomic E-state index is 0.321. The number of amidine groups is 1. The summed E-state index contributed by atoms with van der Waals surface area (Å²) in [7, 11) is 0. The zero-order chi connectivity index (χ0) is 12.4. The molecule has 0 bridgehead atoms. The number of thiophene rings is 1. The fourth-order valence-corrected chi connectivity index (χ4v) is 2.84. The Hall–Kier alpha value is -1.27. The van der Waals surface area contributed by atoms with Gasteiger partial charge in [-0.2, -0.15) is 11.3 Å². The van der Waals surface area contributed by atoms with Crippen LogP contribution in [0.3, 0.4) is 0 Å². The van der Waals surface area contributed by atoms with Crippen molar-refractivity contribution in [3.8, 4) is 0 Å². The second-order valence-corrected chi connectivity index (χ2v) is 5.14. The Balaban J connectivity index is 2.46. The molecule has 0 saturated heterocycles. The summed E-state index contributed by atoms with van der Waals surface area (Å²) in [6.07, 6.45) is 1.91. The molecule has 0 spiro atoms. The van der Waals surface area contributed by atoms with E-state index < -0.39 is 12.0 Å². The van der Waals surface area contributed by atoms with Gasteiger partial charge in [0.25, 0.3) is 0 Å². The van der Waals surface area contributed by atoms with E-state index in [-0.39, 0.29) is 0 Å². The number of thioether (sulfide) groups is 1. The first kappa shape index (κ1) is 12.2. The van der Waals surface area contributed by atoms with Crippen LogP contribution in [0.5, 0.6) is 0 Å². The fourth-order valence-electron chi connectivity index (χ4n) is 1.70. The molecule has 1 aromatic heterocycles. The zero-order valence-corrected chi connectivity index (χ0v) is 11.1. The van der Waals surface area contributed by atoms with Crippen LogP contribution in [0.2, 0.25) is 0 Å². The zero-order valence-electron chi connectivity index (χ0n) is 9.43. The van der Waals surface area contributed by atoms with Gasteiger partial charge in [-0.05, 0) is 35.6 Å². The largest absolute Gasteiger partial charge is 0.478 e. The molecule has 2 heterocycles. The summed E-state index contributed by atoms with van der Waals surface area (Å²) in [5, 5.41) is 16.9. The minimum Gasteiger partial charge on any atom is -0.478 e. The Morgan fingerprint density at radius 3 is 2.94 bits per heavy atom. The van der Waals surface area contributed by atoms with Crippen LogP contribution in [-0.4, -0.2) is 22.5 Å². The summed E-state index contributed by atoms with van der Waals surface area (Å²) in [4.78, 5) is 15.7. The molecule has 1 aliphatic rings. The minimum atomic E-state index is -0.921. The number of hydrogen-bond acceptors (Lipinski definition) is 5. The third-order valence-corrected chi connectivity index (χ3v) is 3.80. The molecule has 1 aromatic rings. The number of carboxylic acid groups (broad SMARTS) is 1. The highest BCUT2D eigenvalue weighted by Gasteiger charge is 2.28. The quantitative estimate of drug-likeness (QED) is 0.865. The van der Waals surface area contributed by atoms with Crippen molar-refractivity contribution in [2.45, 2.75) is 13.0 Å². The number of allylic oxidation sites excluding steroid dienone is 1. The first-order chi connectivity index (χ1) is 8.13. The van der Waals surface area contributed by atoms with E-state index in [2.05, 4.69) is 10.3 Å². The van der Waals surface area contributed by atoms with Crippen molar-refractivity contribution < 1.29 is 9.90 Å². The topological polar surface area (TPSA) is 61.7 Å². The van der Waals surface area contributed by atoms with Gasteiger partial charge in [0.05, 0.1) is 5.57 Å². The molecular formula is C11H12N2O2S2. The molecule has 1 aliphatic heterocycles. The van der Waals surface area contributed by atoms with Gasteiger partial charge in [0.1, 0.15) is 6.04 Å². The summed E-state index contributed by atoms with van der Waals surface area (Å²) >= 11 is 3.02. The van der Waals surface area contributed by atoms with Crippen LogP contribution < -0.4 is 5.32 Å². The molecular weight excluding hydrogens is 256 g/mol. The molecule has 1 atom stereocenters. The van der Waals surface area contributed by atoms with Gasteiger partial charge in [-0.1, -0.05) is 11.8 Å². The lowest BCUT2D eigenvalue weighted by molar-refractivity contribution is -0.133. The van der Waals surface area contributed by atoms with Gasteiger partial charge < -0.3 is 10.4 Å². The van der Waals surface area contributed by atoms with Gasteiger partial charge in [0, 0.05) is 5.70 Å². The van der Waals surface area contributed by atoms with Crippen LogP contribution in [0, 0.1) is 0 Å². The summed E-state index contributed by atoms with van der Waals surface area (Å²) in [6.45, 7) is 1.77. The van der Waals surface area contributed by atoms with Crippen molar-refractivity contribution in [1.82, 2.24) is 5.32 Å². The smallest absolute Gasteiger partial charge is 0.335 e. The van der Waals surface area contributed by atoms with Crippen LogP contribution in [0.15, 0.2) is 33.1 Å². The van der Waals surface area contributed by atoms with E-state index in [0.29, 0.717) is 11.3 Å². The summed E-state index contributed by atoms with van der Waals surface area (Å²) in [5.41, 5.74) is 1.91. The first-order valence-electron chi connectivity index (χ1n) is 4.98. The van der Waals surface area contributed by atoms with E-state index in [0.717, 1.165) is 10.7 Å². The molecule has 17 heavy (non-hydrogen) atoms. The maximum absolute atomic E-state index is 11.3. The Morgan fingerprint density at radius 2 is 2.41 bits per heavy atom. The van der Waals surface area contributed by atoms with Crippen molar-refractivity contribution >= 4 is 34.2 Å². The lowest BCUT2D eigenvalue weighted by atomic mass is 9.99. The summed E-state index contributed by atoms with van der Waals surface area (Å²) in [5.74, 6) is -0.921. The molecule has 2 N–H and O–H groups in total. The highest BCUT2D eigenvalue weighted by molar-refractivity contribution is 8.13. The fraction of sp³-hybridized carbons (Fsp3) is 0.273. The summed E-state index contributed by atoms with van der Waals surface area (Å²) < 4.78 is 0. The Morgan fingerprint density at radius 1 is 1.65 bits per heavy atom. The Kier molecular flexibility index (Phi) is 3.54. The molecule has 0 amide bonds. The number of nitrogens with zero attached hydrogens (tertiary/aromatic N) is 1. The van der Waals surface area contributed by atoms with Crippen LogP contribution in [-0.2, 0) is 4.79 Å². The lowest BCUT2D eigenvalue weighted by Crippen LogP contribution is -2.29. The van der Waals surface area contributed by atoms with E-state index >= 15 is 0 Å². The van der Waals surface area contributed by atoms with E-state index in [1.54, 1.807) is 18.3 Å². The predicted molar refractivity (Wildman–Crippen MR) is 71.5 cm³/mol. The van der Waals surface area contributed by atoms with Gasteiger partial charge in [-0.3, -0.25) is 0 Å². The van der Waals surface area contributed by atoms with Crippen LogP contribution in [0.1, 0.15) is 18.5 Å². The SMILES string of the molecule is CSC1=NC(c2ccsc2)C(C(=O)O)=C(C)N1. The Labute approximate surface area is 107 Å². The number of nitrogens with one attached hydrogen (secondary N) is 1. The normalized spacial score (nSPS) is 19.9. The van der Waals surface area contributed by atoms with Crippen LogP contribution in [0.4, 0.5) is 0 Å². The van der Waals surface area contributed by atoms with E-state index in [9.17, 15) is 9.90 Å². The molecule has 0 radical (unpaired) electrons. The lowest BCUT2D eigenvalue weighted by Gasteiger charge is -2.23. The van der Waals surface area contributed by atoms with Crippen molar-refractivity contribution in [2.24, 2.45) is 4.99 Å². The monoisotopic (exact) mass is 268 g/mol. The number of hydrogen-bond donors (Lipinski definition) is 2. The molecule has 0 aliphatic carbocycles. The maximum Gasteiger partial charge on any atom is 0.335 e. The van der Waals surface area contributed by atoms with Gasteiger partial charge in [-0.25, -0.2) is 9.79 Å². The molecule has 2 rings (SSSR count). The van der Waals surface area contributed by atoms with Gasteiger partial charge in [-0.15, -0.1) is 0 Å². The third-order valence-electron chi connectivity index (χ3n) is 2.50. The molecule has 0 aromatic carbocycles. The third kappa shape index (κ3) is 2.37. The second-order valence-electron chi connectivity index (χ2n) is 3.57. The van der Waals surface area contributed by atoms with Gasteiger partial charge >= 0.3 is 5.97 Å². The molecule has 0 fully saturated rings. The van der Waals surface area contributed by atoms with Gasteiger partial charge in [0.2, 0.25) is 0 Å². The number of carbonyl (C=O) groups is 1. The molecule has 1 unspecified atom stereocenters. The Bertz CT molecular complexity index is 492. The second kappa shape index (κ2) is 4.93. The highest BCUT2D eigenvalue weighted by Crippen LogP contribution is 2.32.